The third-order valence-electron chi connectivity index (χ3n) is 2.32. The van der Waals surface area contributed by atoms with Gasteiger partial charge in [0.25, 0.3) is 0 Å². The summed E-state index contributed by atoms with van der Waals surface area (Å²) < 4.78 is 5.89. The lowest BCUT2D eigenvalue weighted by Crippen LogP contribution is -2.18. The summed E-state index contributed by atoms with van der Waals surface area (Å²) in [5.41, 5.74) is 1.69. The van der Waals surface area contributed by atoms with Crippen molar-refractivity contribution in [2.45, 2.75) is 33.1 Å². The number of halogens is 1. The summed E-state index contributed by atoms with van der Waals surface area (Å²) in [7, 11) is 0. The minimum Gasteiger partial charge on any atom is -0.372 e. The van der Waals surface area contributed by atoms with Gasteiger partial charge in [-0.25, -0.2) is 0 Å². The third kappa shape index (κ3) is 5.06. The van der Waals surface area contributed by atoms with Gasteiger partial charge in [-0.1, -0.05) is 31.4 Å². The number of carbonyl (C=O) groups is 1. The number of unbranched alkanes of at least 4 members (excludes halogenated alkanes) is 2. The lowest BCUT2D eigenvalue weighted by molar-refractivity contribution is -0.120. The van der Waals surface area contributed by atoms with Gasteiger partial charge in [-0.05, 0) is 24.3 Å². The summed E-state index contributed by atoms with van der Waals surface area (Å²) in [4.78, 5) is 11.6. The van der Waals surface area contributed by atoms with E-state index in [1.54, 1.807) is 0 Å². The van der Waals surface area contributed by atoms with E-state index in [1.807, 2.05) is 12.3 Å². The molecule has 96 valence electrons. The first-order valence-corrected chi connectivity index (χ1v) is 7.02. The Balaban J connectivity index is 2.26. The Morgan fingerprint density at radius 1 is 1.53 bits per heavy atom. The van der Waals surface area contributed by atoms with Crippen molar-refractivity contribution in [1.29, 1.82) is 0 Å². The second-order valence-corrected chi connectivity index (χ2v) is 5.36. The van der Waals surface area contributed by atoms with Gasteiger partial charge in [-0.3, -0.25) is 4.79 Å². The highest BCUT2D eigenvalue weighted by Gasteiger charge is 2.10. The van der Waals surface area contributed by atoms with Gasteiger partial charge in [0, 0.05) is 6.61 Å². The molecule has 0 saturated carbocycles. The van der Waals surface area contributed by atoms with Crippen LogP contribution in [0.15, 0.2) is 5.38 Å². The molecule has 1 aromatic heterocycles. The van der Waals surface area contributed by atoms with E-state index in [-0.39, 0.29) is 12.5 Å². The van der Waals surface area contributed by atoms with Crippen molar-refractivity contribution in [3.8, 4) is 0 Å². The number of thiophene rings is 1. The smallest absolute Gasteiger partial charge is 0.250 e. The Bertz CT molecular complexity index is 346. The van der Waals surface area contributed by atoms with Gasteiger partial charge in [-0.15, -0.1) is 11.3 Å². The van der Waals surface area contributed by atoms with Crippen LogP contribution in [0.1, 0.15) is 31.7 Å². The molecule has 0 fully saturated rings. The molecule has 0 saturated heterocycles. The number of aryl methyl sites for hydroxylation is 1. The maximum Gasteiger partial charge on any atom is 0.250 e. The highest BCUT2D eigenvalue weighted by Crippen LogP contribution is 2.32. The maximum absolute atomic E-state index is 11.6. The average molecular weight is 276 g/mol. The third-order valence-corrected chi connectivity index (χ3v) is 3.66. The minimum absolute atomic E-state index is 0.0926. The van der Waals surface area contributed by atoms with Crippen molar-refractivity contribution in [1.82, 2.24) is 0 Å². The fourth-order valence-electron chi connectivity index (χ4n) is 1.36. The van der Waals surface area contributed by atoms with Gasteiger partial charge in [-0.2, -0.15) is 0 Å². The highest BCUT2D eigenvalue weighted by molar-refractivity contribution is 7.15. The van der Waals surface area contributed by atoms with Gasteiger partial charge in [0.15, 0.2) is 0 Å². The molecule has 1 heterocycles. The van der Waals surface area contributed by atoms with Crippen molar-refractivity contribution in [2.75, 3.05) is 18.5 Å². The average Bonchev–Trinajstić information content (AvgIpc) is 2.60. The molecule has 5 heteroatoms. The van der Waals surface area contributed by atoms with Crippen molar-refractivity contribution in [3.05, 3.63) is 15.3 Å². The monoisotopic (exact) mass is 275 g/mol. The van der Waals surface area contributed by atoms with Gasteiger partial charge < -0.3 is 10.1 Å². The first-order valence-electron chi connectivity index (χ1n) is 5.76. The van der Waals surface area contributed by atoms with Gasteiger partial charge in [0.1, 0.15) is 10.9 Å². The lowest BCUT2D eigenvalue weighted by atomic mass is 10.3. The molecule has 17 heavy (non-hydrogen) atoms. The van der Waals surface area contributed by atoms with Crippen LogP contribution in [0.4, 0.5) is 5.69 Å². The maximum atomic E-state index is 11.6. The largest absolute Gasteiger partial charge is 0.372 e. The van der Waals surface area contributed by atoms with Crippen LogP contribution >= 0.6 is 22.9 Å². The van der Waals surface area contributed by atoms with E-state index in [0.717, 1.165) is 24.8 Å². The molecule has 3 nitrogen and oxygen atoms in total. The Morgan fingerprint density at radius 3 is 2.88 bits per heavy atom. The number of ether oxygens (including phenoxy) is 1. The van der Waals surface area contributed by atoms with E-state index < -0.39 is 0 Å². The SMILES string of the molecule is CCCCCOCC(=O)Nc1c(C)csc1Cl. The molecule has 0 aliphatic rings. The fourth-order valence-corrected chi connectivity index (χ4v) is 2.41. The van der Waals surface area contributed by atoms with Gasteiger partial charge in [0.2, 0.25) is 5.91 Å². The molecule has 0 unspecified atom stereocenters. The quantitative estimate of drug-likeness (QED) is 0.768. The molecule has 1 N–H and O–H groups in total. The summed E-state index contributed by atoms with van der Waals surface area (Å²) in [6.07, 6.45) is 3.29. The standard InChI is InChI=1S/C12H18ClNO2S/c1-3-4-5-6-16-7-10(15)14-11-9(2)8-17-12(11)13/h8H,3-7H2,1-2H3,(H,14,15). The van der Waals surface area contributed by atoms with E-state index in [4.69, 9.17) is 16.3 Å². The zero-order valence-electron chi connectivity index (χ0n) is 10.2. The Hall–Kier alpha value is -0.580. The van der Waals surface area contributed by atoms with E-state index in [9.17, 15) is 4.79 Å². The van der Waals surface area contributed by atoms with Crippen LogP contribution in [0.2, 0.25) is 4.34 Å². The summed E-state index contributed by atoms with van der Waals surface area (Å²) in [5.74, 6) is -0.148. The summed E-state index contributed by atoms with van der Waals surface area (Å²) in [6, 6.07) is 0. The van der Waals surface area contributed by atoms with Gasteiger partial charge in [0.05, 0.1) is 5.69 Å². The molecule has 0 spiro atoms. The molecule has 0 aromatic carbocycles. The normalized spacial score (nSPS) is 10.5. The van der Waals surface area contributed by atoms with E-state index in [0.29, 0.717) is 16.6 Å². The van der Waals surface area contributed by atoms with Crippen LogP contribution in [0, 0.1) is 6.92 Å². The predicted octanol–water partition coefficient (Wildman–Crippen LogP) is 3.86. The van der Waals surface area contributed by atoms with Crippen LogP contribution in [0.3, 0.4) is 0 Å². The molecular formula is C12H18ClNO2S. The van der Waals surface area contributed by atoms with Crippen LogP contribution in [-0.4, -0.2) is 19.1 Å². The number of hydrogen-bond donors (Lipinski definition) is 1. The molecular weight excluding hydrogens is 258 g/mol. The topological polar surface area (TPSA) is 38.3 Å². The number of anilines is 1. The molecule has 1 amide bonds. The predicted molar refractivity (Wildman–Crippen MR) is 73.0 cm³/mol. The van der Waals surface area contributed by atoms with E-state index in [2.05, 4.69) is 12.2 Å². The Labute approximate surface area is 111 Å². The first-order chi connectivity index (χ1) is 8.15. The van der Waals surface area contributed by atoms with E-state index in [1.165, 1.54) is 11.3 Å². The van der Waals surface area contributed by atoms with Crippen LogP contribution < -0.4 is 5.32 Å². The number of amides is 1. The van der Waals surface area contributed by atoms with Gasteiger partial charge >= 0.3 is 0 Å². The Morgan fingerprint density at radius 2 is 2.29 bits per heavy atom. The van der Waals surface area contributed by atoms with Crippen LogP contribution in [0.25, 0.3) is 0 Å². The molecule has 1 rings (SSSR count). The highest BCUT2D eigenvalue weighted by atomic mass is 35.5. The molecule has 0 atom stereocenters. The lowest BCUT2D eigenvalue weighted by Gasteiger charge is -2.06. The van der Waals surface area contributed by atoms with Crippen molar-refractivity contribution in [2.24, 2.45) is 0 Å². The zero-order chi connectivity index (χ0) is 12.7. The van der Waals surface area contributed by atoms with Crippen LogP contribution in [-0.2, 0) is 9.53 Å². The van der Waals surface area contributed by atoms with Crippen molar-refractivity contribution in [3.63, 3.8) is 0 Å². The summed E-state index contributed by atoms with van der Waals surface area (Å²) in [5, 5.41) is 4.68. The van der Waals surface area contributed by atoms with Crippen LogP contribution in [0.5, 0.6) is 0 Å². The number of carbonyl (C=O) groups excluding carboxylic acids is 1. The zero-order valence-corrected chi connectivity index (χ0v) is 11.8. The van der Waals surface area contributed by atoms with E-state index >= 15 is 0 Å². The Kier molecular flexibility index (Phi) is 6.55. The molecule has 0 bridgehead atoms. The first kappa shape index (κ1) is 14.5. The fraction of sp³-hybridized carbons (Fsp3) is 0.583. The summed E-state index contributed by atoms with van der Waals surface area (Å²) >= 11 is 7.37. The minimum atomic E-state index is -0.148. The van der Waals surface area contributed by atoms with Crippen molar-refractivity contribution >= 4 is 34.5 Å². The van der Waals surface area contributed by atoms with Crippen molar-refractivity contribution < 1.29 is 9.53 Å². The molecule has 0 radical (unpaired) electrons. The molecule has 0 aliphatic heterocycles. The second kappa shape index (κ2) is 7.69. The number of hydrogen-bond acceptors (Lipinski definition) is 3. The summed E-state index contributed by atoms with van der Waals surface area (Å²) in [6.45, 7) is 4.78. The number of nitrogens with one attached hydrogen (secondary N) is 1. The second-order valence-electron chi connectivity index (χ2n) is 3.88. The molecule has 0 aliphatic carbocycles. The molecule has 1 aromatic rings. The number of rotatable bonds is 7.